The van der Waals surface area contributed by atoms with E-state index in [9.17, 15) is 4.39 Å². The van der Waals surface area contributed by atoms with Crippen LogP contribution in [-0.2, 0) is 4.43 Å². The standard InChI is InChI=1S/C23H21FI/c1-3-14-25-16-18-6-10-20(11-7-18)22-13-12-21(15-23(22)24)19-8-4-17(2)5-9-19/h3-15H,16H2,1-2H3/q-1/b14-3+. The molecule has 0 bridgehead atoms. The first-order chi connectivity index (χ1) is 12.2. The van der Waals surface area contributed by atoms with Crippen LogP contribution in [0.4, 0.5) is 4.39 Å². The molecule has 0 aliphatic rings. The molecule has 0 heterocycles. The summed E-state index contributed by atoms with van der Waals surface area (Å²) in [5.74, 6) is -0.174. The van der Waals surface area contributed by atoms with E-state index in [1.54, 1.807) is 6.07 Å². The second-order valence-electron chi connectivity index (χ2n) is 6.00. The summed E-state index contributed by atoms with van der Waals surface area (Å²) in [6.07, 6.45) is 2.12. The second-order valence-corrected chi connectivity index (χ2v) is 8.37. The molecule has 0 nitrogen and oxygen atoms in total. The first-order valence-electron chi connectivity index (χ1n) is 8.32. The summed E-state index contributed by atoms with van der Waals surface area (Å²) in [6.45, 7) is 4.11. The molecule has 128 valence electrons. The predicted octanol–water partition coefficient (Wildman–Crippen LogP) is 3.59. The van der Waals surface area contributed by atoms with E-state index < -0.39 is 0 Å². The van der Waals surface area contributed by atoms with Crippen molar-refractivity contribution in [2.45, 2.75) is 18.3 Å². The van der Waals surface area contributed by atoms with Gasteiger partial charge in [0.15, 0.2) is 0 Å². The van der Waals surface area contributed by atoms with Crippen LogP contribution in [0.15, 0.2) is 76.9 Å². The molecule has 2 heteroatoms. The summed E-state index contributed by atoms with van der Waals surface area (Å²) in [4.78, 5) is 0. The maximum absolute atomic E-state index is 14.6. The molecular weight excluding hydrogens is 422 g/mol. The molecule has 0 unspecified atom stereocenters. The molecule has 25 heavy (non-hydrogen) atoms. The molecular formula is C23H21FI-. The molecule has 0 spiro atoms. The topological polar surface area (TPSA) is 0 Å². The van der Waals surface area contributed by atoms with Crippen molar-refractivity contribution < 1.29 is 25.6 Å². The minimum atomic E-state index is -0.174. The Morgan fingerprint density at radius 3 is 2.12 bits per heavy atom. The van der Waals surface area contributed by atoms with Gasteiger partial charge in [0, 0.05) is 0 Å². The summed E-state index contributed by atoms with van der Waals surface area (Å²) >= 11 is 0.0869. The normalized spacial score (nSPS) is 11.3. The average molecular weight is 443 g/mol. The van der Waals surface area contributed by atoms with E-state index in [-0.39, 0.29) is 27.0 Å². The number of rotatable bonds is 5. The van der Waals surface area contributed by atoms with E-state index in [2.05, 4.69) is 48.3 Å². The van der Waals surface area contributed by atoms with Crippen molar-refractivity contribution in [1.29, 1.82) is 0 Å². The second kappa shape index (κ2) is 8.43. The monoisotopic (exact) mass is 443 g/mol. The fraction of sp³-hybridized carbons (Fsp3) is 0.130. The van der Waals surface area contributed by atoms with E-state index in [0.717, 1.165) is 21.1 Å². The van der Waals surface area contributed by atoms with E-state index in [4.69, 9.17) is 0 Å². The number of halogens is 2. The van der Waals surface area contributed by atoms with Crippen molar-refractivity contribution in [2.75, 3.05) is 0 Å². The Hall–Kier alpha value is -1.94. The SMILES string of the molecule is C/C=C/[I-]Cc1ccc(-c2ccc(-c3ccc(C)cc3)cc2F)cc1. The van der Waals surface area contributed by atoms with Gasteiger partial charge in [0.05, 0.1) is 0 Å². The van der Waals surface area contributed by atoms with Crippen LogP contribution in [0.3, 0.4) is 0 Å². The molecule has 3 aromatic rings. The number of alkyl halides is 1. The summed E-state index contributed by atoms with van der Waals surface area (Å²) in [5, 5.41) is 0. The van der Waals surface area contributed by atoms with Crippen LogP contribution < -0.4 is 21.2 Å². The quantitative estimate of drug-likeness (QED) is 0.418. The zero-order valence-electron chi connectivity index (χ0n) is 14.5. The van der Waals surface area contributed by atoms with E-state index >= 15 is 0 Å². The zero-order chi connectivity index (χ0) is 17.6. The number of allylic oxidation sites excluding steroid dienone is 1. The molecule has 0 aliphatic carbocycles. The summed E-state index contributed by atoms with van der Waals surface area (Å²) in [6, 6.07) is 22.0. The number of hydrogen-bond acceptors (Lipinski definition) is 0. The van der Waals surface area contributed by atoms with Gasteiger partial charge in [-0.2, -0.15) is 0 Å². The van der Waals surface area contributed by atoms with Crippen molar-refractivity contribution in [3.63, 3.8) is 0 Å². The van der Waals surface area contributed by atoms with Crippen molar-refractivity contribution >= 4 is 0 Å². The number of aryl methyl sites for hydroxylation is 1. The van der Waals surface area contributed by atoms with Gasteiger partial charge >= 0.3 is 147 Å². The summed E-state index contributed by atoms with van der Waals surface area (Å²) < 4.78 is 18.0. The molecule has 0 saturated heterocycles. The van der Waals surface area contributed by atoms with Gasteiger partial charge in [-0.15, -0.1) is 0 Å². The molecule has 0 aromatic heterocycles. The van der Waals surface area contributed by atoms with Gasteiger partial charge < -0.3 is 0 Å². The van der Waals surface area contributed by atoms with E-state index in [1.165, 1.54) is 11.1 Å². The third-order valence-electron chi connectivity index (χ3n) is 4.07. The molecule has 3 aromatic carbocycles. The van der Waals surface area contributed by atoms with Crippen molar-refractivity contribution in [3.05, 3.63) is 93.8 Å². The van der Waals surface area contributed by atoms with Crippen molar-refractivity contribution in [3.8, 4) is 22.3 Å². The maximum atomic E-state index is 14.6. The van der Waals surface area contributed by atoms with Crippen molar-refractivity contribution in [2.24, 2.45) is 0 Å². The average Bonchev–Trinajstić information content (AvgIpc) is 2.63. The van der Waals surface area contributed by atoms with Crippen LogP contribution in [0, 0.1) is 12.7 Å². The van der Waals surface area contributed by atoms with Gasteiger partial charge in [0.1, 0.15) is 0 Å². The fourth-order valence-corrected chi connectivity index (χ4v) is 4.45. The fourth-order valence-electron chi connectivity index (χ4n) is 2.67. The molecule has 0 aliphatic heterocycles. The molecule has 0 N–H and O–H groups in total. The Morgan fingerprint density at radius 1 is 0.840 bits per heavy atom. The molecule has 3 rings (SSSR count). The number of hydrogen-bond donors (Lipinski definition) is 0. The van der Waals surface area contributed by atoms with Crippen LogP contribution in [0.25, 0.3) is 22.3 Å². The Labute approximate surface area is 159 Å². The van der Waals surface area contributed by atoms with Gasteiger partial charge in [-0.05, 0) is 6.92 Å². The molecule has 0 radical (unpaired) electrons. The van der Waals surface area contributed by atoms with Gasteiger partial charge in [-0.3, -0.25) is 0 Å². The van der Waals surface area contributed by atoms with Crippen LogP contribution in [0.1, 0.15) is 18.1 Å². The van der Waals surface area contributed by atoms with Gasteiger partial charge in [-0.25, -0.2) is 0 Å². The van der Waals surface area contributed by atoms with Gasteiger partial charge in [-0.1, -0.05) is 5.56 Å². The minimum absolute atomic E-state index is 0.0869. The van der Waals surface area contributed by atoms with Gasteiger partial charge in [0.25, 0.3) is 0 Å². The molecule has 0 amide bonds. The van der Waals surface area contributed by atoms with Crippen LogP contribution >= 0.6 is 0 Å². The van der Waals surface area contributed by atoms with Crippen LogP contribution in [0.5, 0.6) is 0 Å². The molecule has 0 fully saturated rings. The van der Waals surface area contributed by atoms with Crippen LogP contribution in [0.2, 0.25) is 0 Å². The summed E-state index contributed by atoms with van der Waals surface area (Å²) in [7, 11) is 0. The zero-order valence-corrected chi connectivity index (χ0v) is 16.6. The molecule has 0 atom stereocenters. The Balaban J connectivity index is 1.82. The number of benzene rings is 3. The van der Waals surface area contributed by atoms with Crippen LogP contribution in [-0.4, -0.2) is 0 Å². The Bertz CT molecular complexity index is 862. The Morgan fingerprint density at radius 2 is 1.48 bits per heavy atom. The van der Waals surface area contributed by atoms with E-state index in [1.807, 2.05) is 36.4 Å². The Kier molecular flexibility index (Phi) is 6.03. The summed E-state index contributed by atoms with van der Waals surface area (Å²) in [5.41, 5.74) is 6.07. The van der Waals surface area contributed by atoms with Gasteiger partial charge in [0.2, 0.25) is 0 Å². The van der Waals surface area contributed by atoms with E-state index in [0.29, 0.717) is 5.56 Å². The molecule has 0 saturated carbocycles. The third kappa shape index (κ3) is 4.57. The first kappa shape index (κ1) is 17.9. The van der Waals surface area contributed by atoms with Crippen molar-refractivity contribution in [1.82, 2.24) is 0 Å². The first-order valence-corrected chi connectivity index (χ1v) is 11.1. The predicted molar refractivity (Wildman–Crippen MR) is 101 cm³/mol. The third-order valence-corrected chi connectivity index (χ3v) is 6.61.